The summed E-state index contributed by atoms with van der Waals surface area (Å²) in [4.78, 5) is 22.9. The second-order valence-electron chi connectivity index (χ2n) is 4.99. The lowest BCUT2D eigenvalue weighted by molar-refractivity contribution is -0.384. The molecule has 120 valence electrons. The molecule has 0 aromatic heterocycles. The Morgan fingerprint density at radius 3 is 2.43 bits per heavy atom. The van der Waals surface area contributed by atoms with Crippen LogP contribution in [0.25, 0.3) is 0 Å². The summed E-state index contributed by atoms with van der Waals surface area (Å²) in [7, 11) is 1.59. The Morgan fingerprint density at radius 1 is 1.22 bits per heavy atom. The van der Waals surface area contributed by atoms with E-state index in [1.54, 1.807) is 13.1 Å². The quantitative estimate of drug-likeness (QED) is 0.611. The molecule has 0 spiro atoms. The maximum Gasteiger partial charge on any atom is 0.293 e. The van der Waals surface area contributed by atoms with Crippen molar-refractivity contribution in [3.05, 3.63) is 68.2 Å². The molecule has 1 atom stereocenters. The van der Waals surface area contributed by atoms with Gasteiger partial charge >= 0.3 is 0 Å². The van der Waals surface area contributed by atoms with Crippen LogP contribution < -0.4 is 10.6 Å². The van der Waals surface area contributed by atoms with Crippen LogP contribution in [0.1, 0.15) is 28.9 Å². The van der Waals surface area contributed by atoms with Gasteiger partial charge in [-0.25, -0.2) is 0 Å². The normalized spacial score (nSPS) is 11.6. The molecular formula is C16H16BrN3O3. The zero-order valence-electron chi connectivity index (χ0n) is 12.7. The molecule has 2 N–H and O–H groups in total. The second-order valence-corrected chi connectivity index (χ2v) is 5.90. The first-order valence-electron chi connectivity index (χ1n) is 6.95. The molecule has 0 aliphatic carbocycles. The Kier molecular flexibility index (Phi) is 5.33. The number of carbonyl (C=O) groups excluding carboxylic acids is 1. The summed E-state index contributed by atoms with van der Waals surface area (Å²) < 4.78 is 0.957. The fourth-order valence-electron chi connectivity index (χ4n) is 2.15. The van der Waals surface area contributed by atoms with Crippen LogP contribution in [0.4, 0.5) is 11.4 Å². The van der Waals surface area contributed by atoms with Crippen molar-refractivity contribution in [1.82, 2.24) is 5.32 Å². The molecule has 6 nitrogen and oxygen atoms in total. The first-order valence-corrected chi connectivity index (χ1v) is 7.74. The Hall–Kier alpha value is -2.41. The summed E-state index contributed by atoms with van der Waals surface area (Å²) >= 11 is 3.36. The van der Waals surface area contributed by atoms with E-state index in [0.717, 1.165) is 10.0 Å². The van der Waals surface area contributed by atoms with Gasteiger partial charge in [-0.15, -0.1) is 0 Å². The highest BCUT2D eigenvalue weighted by Crippen LogP contribution is 2.25. The predicted octanol–water partition coefficient (Wildman–Crippen LogP) is 3.89. The standard InChI is InChI=1S/C16H16BrN3O3/c1-10(11-3-6-13(17)7-4-11)19-16(21)12-5-8-14(18-2)15(9-12)20(22)23/h3-10,18H,1-2H3,(H,19,21)/t10-/m1/s1. The smallest absolute Gasteiger partial charge is 0.293 e. The third-order valence-electron chi connectivity index (χ3n) is 3.44. The van der Waals surface area contributed by atoms with Crippen LogP contribution in [0.15, 0.2) is 46.9 Å². The van der Waals surface area contributed by atoms with Gasteiger partial charge in [-0.05, 0) is 36.8 Å². The summed E-state index contributed by atoms with van der Waals surface area (Å²) in [6, 6.07) is 11.7. The van der Waals surface area contributed by atoms with Crippen molar-refractivity contribution < 1.29 is 9.72 Å². The molecule has 0 bridgehead atoms. The van der Waals surface area contributed by atoms with E-state index in [-0.39, 0.29) is 23.2 Å². The number of amides is 1. The zero-order chi connectivity index (χ0) is 17.0. The Bertz CT molecular complexity index is 732. The van der Waals surface area contributed by atoms with Crippen molar-refractivity contribution in [2.45, 2.75) is 13.0 Å². The number of rotatable bonds is 5. The molecule has 0 heterocycles. The minimum Gasteiger partial charge on any atom is -0.383 e. The van der Waals surface area contributed by atoms with Gasteiger partial charge in [-0.2, -0.15) is 0 Å². The highest BCUT2D eigenvalue weighted by atomic mass is 79.9. The fraction of sp³-hybridized carbons (Fsp3) is 0.188. The van der Waals surface area contributed by atoms with Gasteiger partial charge in [0.1, 0.15) is 5.69 Å². The van der Waals surface area contributed by atoms with E-state index >= 15 is 0 Å². The monoisotopic (exact) mass is 377 g/mol. The second kappa shape index (κ2) is 7.23. The molecule has 0 radical (unpaired) electrons. The lowest BCUT2D eigenvalue weighted by Gasteiger charge is -2.15. The first kappa shape index (κ1) is 17.0. The maximum absolute atomic E-state index is 12.3. The van der Waals surface area contributed by atoms with E-state index in [9.17, 15) is 14.9 Å². The van der Waals surface area contributed by atoms with Gasteiger partial charge in [-0.3, -0.25) is 14.9 Å². The molecule has 0 saturated carbocycles. The summed E-state index contributed by atoms with van der Waals surface area (Å²) in [5, 5.41) is 16.6. The highest BCUT2D eigenvalue weighted by molar-refractivity contribution is 9.10. The van der Waals surface area contributed by atoms with E-state index in [0.29, 0.717) is 5.69 Å². The SMILES string of the molecule is CNc1ccc(C(=O)N[C@H](C)c2ccc(Br)cc2)cc1[N+](=O)[O-]. The molecule has 0 fully saturated rings. The number of anilines is 1. The Labute approximate surface area is 142 Å². The van der Waals surface area contributed by atoms with Crippen molar-refractivity contribution in [1.29, 1.82) is 0 Å². The minimum atomic E-state index is -0.513. The fourth-order valence-corrected chi connectivity index (χ4v) is 2.41. The number of benzene rings is 2. The number of nitro benzene ring substituents is 1. The molecule has 23 heavy (non-hydrogen) atoms. The number of nitrogens with zero attached hydrogens (tertiary/aromatic N) is 1. The van der Waals surface area contributed by atoms with Crippen LogP contribution >= 0.6 is 15.9 Å². The number of nitrogens with one attached hydrogen (secondary N) is 2. The third kappa shape index (κ3) is 4.07. The molecule has 7 heteroatoms. The van der Waals surface area contributed by atoms with Gasteiger partial charge in [0, 0.05) is 23.2 Å². The molecule has 1 amide bonds. The van der Waals surface area contributed by atoms with Crippen molar-refractivity contribution >= 4 is 33.2 Å². The molecular weight excluding hydrogens is 362 g/mol. The van der Waals surface area contributed by atoms with Crippen LogP contribution in [0.3, 0.4) is 0 Å². The van der Waals surface area contributed by atoms with Crippen LogP contribution in [0, 0.1) is 10.1 Å². The van der Waals surface area contributed by atoms with Crippen molar-refractivity contribution in [3.8, 4) is 0 Å². The summed E-state index contributed by atoms with van der Waals surface area (Å²) in [5.74, 6) is -0.355. The molecule has 0 unspecified atom stereocenters. The molecule has 2 aromatic rings. The first-order chi connectivity index (χ1) is 10.9. The van der Waals surface area contributed by atoms with Crippen LogP contribution in [-0.2, 0) is 0 Å². The molecule has 0 aliphatic rings. The van der Waals surface area contributed by atoms with Gasteiger partial charge in [0.25, 0.3) is 11.6 Å². The van der Waals surface area contributed by atoms with E-state index in [1.165, 1.54) is 12.1 Å². The van der Waals surface area contributed by atoms with E-state index in [2.05, 4.69) is 26.6 Å². The molecule has 0 aliphatic heterocycles. The summed E-state index contributed by atoms with van der Waals surface area (Å²) in [6.07, 6.45) is 0. The average Bonchev–Trinajstić information content (AvgIpc) is 2.54. The van der Waals surface area contributed by atoms with Gasteiger partial charge < -0.3 is 10.6 Å². The minimum absolute atomic E-state index is 0.128. The van der Waals surface area contributed by atoms with E-state index < -0.39 is 4.92 Å². The van der Waals surface area contributed by atoms with Crippen LogP contribution in [0.5, 0.6) is 0 Å². The average molecular weight is 378 g/mol. The van der Waals surface area contributed by atoms with Crippen LogP contribution in [-0.4, -0.2) is 17.9 Å². The van der Waals surface area contributed by atoms with E-state index in [4.69, 9.17) is 0 Å². The van der Waals surface area contributed by atoms with Crippen molar-refractivity contribution in [2.24, 2.45) is 0 Å². The van der Waals surface area contributed by atoms with E-state index in [1.807, 2.05) is 31.2 Å². The van der Waals surface area contributed by atoms with Gasteiger partial charge in [0.15, 0.2) is 0 Å². The predicted molar refractivity (Wildman–Crippen MR) is 92.7 cm³/mol. The topological polar surface area (TPSA) is 84.3 Å². The zero-order valence-corrected chi connectivity index (χ0v) is 14.3. The lowest BCUT2D eigenvalue weighted by atomic mass is 10.1. The molecule has 2 aromatic carbocycles. The van der Waals surface area contributed by atoms with Crippen molar-refractivity contribution in [2.75, 3.05) is 12.4 Å². The highest BCUT2D eigenvalue weighted by Gasteiger charge is 2.18. The number of nitro groups is 1. The van der Waals surface area contributed by atoms with Crippen LogP contribution in [0.2, 0.25) is 0 Å². The molecule has 2 rings (SSSR count). The number of hydrogen-bond donors (Lipinski definition) is 2. The number of halogens is 1. The lowest BCUT2D eigenvalue weighted by Crippen LogP contribution is -2.26. The third-order valence-corrected chi connectivity index (χ3v) is 3.97. The summed E-state index contributed by atoms with van der Waals surface area (Å²) in [5.41, 5.74) is 1.44. The Morgan fingerprint density at radius 2 is 1.87 bits per heavy atom. The van der Waals surface area contributed by atoms with Gasteiger partial charge in [-0.1, -0.05) is 28.1 Å². The number of hydrogen-bond acceptors (Lipinski definition) is 4. The van der Waals surface area contributed by atoms with Gasteiger partial charge in [0.2, 0.25) is 0 Å². The number of carbonyl (C=O) groups is 1. The maximum atomic E-state index is 12.3. The van der Waals surface area contributed by atoms with Gasteiger partial charge in [0.05, 0.1) is 11.0 Å². The molecule has 0 saturated heterocycles. The largest absolute Gasteiger partial charge is 0.383 e. The Balaban J connectivity index is 2.18. The summed E-state index contributed by atoms with van der Waals surface area (Å²) in [6.45, 7) is 1.86. The van der Waals surface area contributed by atoms with Crippen molar-refractivity contribution in [3.63, 3.8) is 0 Å².